The van der Waals surface area contributed by atoms with Gasteiger partial charge in [0.25, 0.3) is 0 Å². The predicted octanol–water partition coefficient (Wildman–Crippen LogP) is 3.88. The van der Waals surface area contributed by atoms with E-state index in [-0.39, 0.29) is 30.5 Å². The molecular weight excluding hydrogens is 862 g/mol. The molecule has 5 aromatic rings. The smallest absolute Gasteiger partial charge is 1.00 e. The summed E-state index contributed by atoms with van der Waals surface area (Å²) in [4.78, 5) is 0. The van der Waals surface area contributed by atoms with Crippen LogP contribution >= 0.6 is 7.92 Å². The molecule has 2 aliphatic rings. The number of halogens is 12. The molecule has 279 valence electrons. The first-order chi connectivity index (χ1) is 24.8. The van der Waals surface area contributed by atoms with Gasteiger partial charge in [0.05, 0.1) is 0 Å². The summed E-state index contributed by atoms with van der Waals surface area (Å²) in [6, 6.07) is 19.5. The maximum Gasteiger partial charge on any atom is -1.00 e. The maximum atomic E-state index is 16.2. The van der Waals surface area contributed by atoms with Crippen LogP contribution in [0.5, 0.6) is 0 Å². The SMILES string of the molecule is CCP(CC)C1c2ccccc2-c2ccc[c]([Zr+2]([B](c3c(F)c(F)c(F)c(F)c3F)c3c(F)c(F)c(F)c(F)c3F)[CH]3C(C)=Cc4ccccc43)c21.[Cl-].[Cl-]. The average Bonchev–Trinajstić information content (AvgIpc) is 3.66. The number of hydrogen-bond acceptors (Lipinski definition) is 0. The van der Waals surface area contributed by atoms with Crippen molar-refractivity contribution in [3.63, 3.8) is 0 Å². The molecule has 0 aromatic heterocycles. The standard InChI is InChI=1S/C17H18P.C12BF10.C10H9.2ClH.Zr/c1-3-18(4-2)17-15-11-7-5-9-13(15)14-10-6-8-12-16(14)17;14-3-1(4(15)8(19)11(22)7(3)18)13-2-5(16)9(20)12(23)10(21)6(2)17;1-8-6-9-4-2-3-5-10(9)7-8;;;/h5-11,17H,3-4H2,1-2H3;;2-7H,1H3;2*1H;/q;+1;;;;+1/p-2. The molecule has 0 saturated heterocycles. The van der Waals surface area contributed by atoms with Gasteiger partial charge in [-0.15, -0.1) is 0 Å². The first-order valence-corrected chi connectivity index (χ1v) is 22.3. The largest absolute Gasteiger partial charge is 1.00 e. The zero-order valence-electron chi connectivity index (χ0n) is 28.6. The summed E-state index contributed by atoms with van der Waals surface area (Å²) >= 11 is -4.89. The van der Waals surface area contributed by atoms with Gasteiger partial charge in [-0.1, -0.05) is 0 Å². The van der Waals surface area contributed by atoms with Crippen LogP contribution in [-0.4, -0.2) is 16.6 Å². The zero-order chi connectivity index (χ0) is 37.3. The second-order valence-corrected chi connectivity index (χ2v) is 22.1. The van der Waals surface area contributed by atoms with E-state index in [2.05, 4.69) is 0 Å². The van der Waals surface area contributed by atoms with Crippen molar-refractivity contribution in [2.24, 2.45) is 0 Å². The topological polar surface area (TPSA) is 0 Å². The Kier molecular flexibility index (Phi) is 12.7. The third-order valence-corrected chi connectivity index (χ3v) is 22.1. The summed E-state index contributed by atoms with van der Waals surface area (Å²) < 4.78 is 152. The van der Waals surface area contributed by atoms with Gasteiger partial charge < -0.3 is 24.8 Å². The Hall–Kier alpha value is -2.90. The first-order valence-electron chi connectivity index (χ1n) is 16.5. The van der Waals surface area contributed by atoms with Crippen molar-refractivity contribution in [1.82, 2.24) is 0 Å². The minimum atomic E-state index is -4.89. The van der Waals surface area contributed by atoms with Gasteiger partial charge in [-0.05, 0) is 0 Å². The second-order valence-electron chi connectivity index (χ2n) is 12.8. The Morgan fingerprint density at radius 2 is 1.00 bits per heavy atom. The molecule has 5 aromatic carbocycles. The molecular formula is C39H27BCl2F10PZr. The van der Waals surface area contributed by atoms with Crippen LogP contribution in [0.15, 0.2) is 72.3 Å². The van der Waals surface area contributed by atoms with Gasteiger partial charge in [0.15, 0.2) is 0 Å². The minimum absolute atomic E-state index is 0. The number of benzene rings is 5. The van der Waals surface area contributed by atoms with Crippen molar-refractivity contribution in [1.29, 1.82) is 0 Å². The molecule has 0 heterocycles. The Labute approximate surface area is 327 Å². The van der Waals surface area contributed by atoms with Crippen LogP contribution in [0.1, 0.15) is 52.3 Å². The van der Waals surface area contributed by atoms with E-state index in [4.69, 9.17) is 0 Å². The summed E-state index contributed by atoms with van der Waals surface area (Å²) in [5, 5.41) is 0. The molecule has 0 fully saturated rings. The van der Waals surface area contributed by atoms with E-state index in [9.17, 15) is 8.78 Å². The third kappa shape index (κ3) is 6.41. The van der Waals surface area contributed by atoms with Gasteiger partial charge in [0.2, 0.25) is 0 Å². The molecule has 2 unspecified atom stereocenters. The number of rotatable bonds is 8. The second kappa shape index (κ2) is 16.3. The molecule has 0 saturated carbocycles. The molecule has 15 heteroatoms. The van der Waals surface area contributed by atoms with Gasteiger partial charge in [-0.2, -0.15) is 0 Å². The fourth-order valence-electron chi connectivity index (χ4n) is 8.03. The predicted molar refractivity (Wildman–Crippen MR) is 182 cm³/mol. The molecule has 0 N–H and O–H groups in total. The van der Waals surface area contributed by atoms with Gasteiger partial charge in [0.1, 0.15) is 0 Å². The Morgan fingerprint density at radius 3 is 1.52 bits per heavy atom. The fraction of sp³-hybridized carbons (Fsp3) is 0.179. The van der Waals surface area contributed by atoms with Gasteiger partial charge in [0, 0.05) is 0 Å². The maximum absolute atomic E-state index is 16.2. The van der Waals surface area contributed by atoms with Crippen molar-refractivity contribution in [2.75, 3.05) is 12.3 Å². The van der Waals surface area contributed by atoms with E-state index in [0.717, 1.165) is 29.0 Å². The molecule has 0 radical (unpaired) electrons. The zero-order valence-corrected chi connectivity index (χ0v) is 33.4. The van der Waals surface area contributed by atoms with E-state index in [1.165, 1.54) is 0 Å². The summed E-state index contributed by atoms with van der Waals surface area (Å²) in [5.74, 6) is -24.2. The van der Waals surface area contributed by atoms with Crippen molar-refractivity contribution in [3.8, 4) is 11.1 Å². The third-order valence-electron chi connectivity index (χ3n) is 10.2. The molecule has 0 amide bonds. The molecule has 7 rings (SSSR count). The molecule has 54 heavy (non-hydrogen) atoms. The Morgan fingerprint density at radius 1 is 0.556 bits per heavy atom. The van der Waals surface area contributed by atoms with Crippen molar-refractivity contribution in [3.05, 3.63) is 153 Å². The van der Waals surface area contributed by atoms with Crippen LogP contribution < -0.4 is 39.0 Å². The van der Waals surface area contributed by atoms with Gasteiger partial charge >= 0.3 is 304 Å². The number of fused-ring (bicyclic) bond motifs is 4. The van der Waals surface area contributed by atoms with Crippen LogP contribution in [0.4, 0.5) is 43.9 Å². The fourth-order valence-corrected chi connectivity index (χ4v) is 20.9. The quantitative estimate of drug-likeness (QED) is 0.0731. The summed E-state index contributed by atoms with van der Waals surface area (Å²) in [6.07, 6.45) is 3.23. The van der Waals surface area contributed by atoms with Crippen molar-refractivity contribution < 1.29 is 90.2 Å². The Bertz CT molecular complexity index is 2190. The molecule has 0 nitrogen and oxygen atoms in total. The first kappa shape index (κ1) is 42.2. The van der Waals surface area contributed by atoms with Crippen molar-refractivity contribution >= 4 is 32.4 Å². The van der Waals surface area contributed by atoms with Crippen LogP contribution in [0.3, 0.4) is 0 Å². The molecule has 0 spiro atoms. The van der Waals surface area contributed by atoms with Gasteiger partial charge in [-0.25, -0.2) is 0 Å². The normalized spacial score (nSPS) is 15.3. The molecule has 2 atom stereocenters. The van der Waals surface area contributed by atoms with Crippen LogP contribution in [0.2, 0.25) is 0 Å². The van der Waals surface area contributed by atoms with Crippen molar-refractivity contribution in [2.45, 2.75) is 30.1 Å². The van der Waals surface area contributed by atoms with E-state index in [1.807, 2.05) is 44.2 Å². The minimum Gasteiger partial charge on any atom is -1.00 e. The number of allylic oxidation sites excluding steroid dienone is 1. The average molecular weight is 890 g/mol. The monoisotopic (exact) mass is 887 g/mol. The van der Waals surface area contributed by atoms with E-state index in [1.54, 1.807) is 49.4 Å². The molecule has 2 aliphatic carbocycles. The van der Waals surface area contributed by atoms with E-state index >= 15 is 35.1 Å². The van der Waals surface area contributed by atoms with Crippen LogP contribution in [-0.2, 0) is 21.5 Å². The van der Waals surface area contributed by atoms with Crippen LogP contribution in [0, 0.1) is 58.2 Å². The summed E-state index contributed by atoms with van der Waals surface area (Å²) in [7, 11) is -0.848. The molecule has 0 bridgehead atoms. The van der Waals surface area contributed by atoms with E-state index < -0.39 is 106 Å². The summed E-state index contributed by atoms with van der Waals surface area (Å²) in [5.41, 5.74) is 1.46. The molecule has 0 aliphatic heterocycles. The van der Waals surface area contributed by atoms with Crippen LogP contribution in [0.25, 0.3) is 17.2 Å². The number of hydrogen-bond donors (Lipinski definition) is 0. The van der Waals surface area contributed by atoms with E-state index in [0.29, 0.717) is 25.5 Å². The van der Waals surface area contributed by atoms with Gasteiger partial charge in [-0.3, -0.25) is 0 Å². The Balaban J connectivity index is 0.00000280. The summed E-state index contributed by atoms with van der Waals surface area (Å²) in [6.45, 7) is 5.72.